The van der Waals surface area contributed by atoms with Crippen molar-refractivity contribution in [2.75, 3.05) is 0 Å². The number of hydrogen-bond acceptors (Lipinski definition) is 2. The van der Waals surface area contributed by atoms with Crippen molar-refractivity contribution < 1.29 is 13.2 Å². The second kappa shape index (κ2) is 5.35. The molecule has 1 aromatic heterocycles. The first-order valence-electron chi connectivity index (χ1n) is 4.40. The normalized spacial score (nSPS) is 9.93. The maximum absolute atomic E-state index is 12.2. The summed E-state index contributed by atoms with van der Waals surface area (Å²) in [6.45, 7) is 5.53. The molecule has 1 heterocycles. The molecule has 15 heavy (non-hydrogen) atoms. The lowest BCUT2D eigenvalue weighted by molar-refractivity contribution is -0.138. The molecule has 1 aromatic rings. The summed E-state index contributed by atoms with van der Waals surface area (Å²) in [4.78, 5) is 3.48. The summed E-state index contributed by atoms with van der Waals surface area (Å²) in [5, 5.41) is 8.39. The van der Waals surface area contributed by atoms with E-state index in [1.807, 2.05) is 13.8 Å². The summed E-state index contributed by atoms with van der Waals surface area (Å²) in [5.41, 5.74) is -1.17. The van der Waals surface area contributed by atoms with E-state index in [0.717, 1.165) is 6.07 Å². The standard InChI is InChI=1S/C8H5F3N2.C2H6/c1-5-2-3-6(8(9,10)11)7(4-12)13-5;1-2/h2-3H,1H3;1-2H3. The SMILES string of the molecule is CC.Cc1ccc(C(F)(F)F)c(C#N)n1. The van der Waals surface area contributed by atoms with Gasteiger partial charge in [-0.2, -0.15) is 18.4 Å². The van der Waals surface area contributed by atoms with E-state index in [2.05, 4.69) is 4.98 Å². The van der Waals surface area contributed by atoms with Gasteiger partial charge in [0.2, 0.25) is 0 Å². The molecular weight excluding hydrogens is 205 g/mol. The lowest BCUT2D eigenvalue weighted by Crippen LogP contribution is -2.09. The van der Waals surface area contributed by atoms with Crippen LogP contribution in [0.15, 0.2) is 12.1 Å². The summed E-state index contributed by atoms with van der Waals surface area (Å²) in [6.07, 6.45) is -4.51. The van der Waals surface area contributed by atoms with Crippen LogP contribution >= 0.6 is 0 Å². The van der Waals surface area contributed by atoms with Crippen LogP contribution in [0.4, 0.5) is 13.2 Å². The van der Waals surface area contributed by atoms with Gasteiger partial charge in [-0.3, -0.25) is 0 Å². The lowest BCUT2D eigenvalue weighted by Gasteiger charge is -2.07. The number of hydrogen-bond donors (Lipinski definition) is 0. The van der Waals surface area contributed by atoms with E-state index in [0.29, 0.717) is 5.69 Å². The van der Waals surface area contributed by atoms with E-state index in [1.54, 1.807) is 0 Å². The van der Waals surface area contributed by atoms with E-state index in [1.165, 1.54) is 19.1 Å². The van der Waals surface area contributed by atoms with E-state index < -0.39 is 17.4 Å². The van der Waals surface area contributed by atoms with Gasteiger partial charge in [-0.1, -0.05) is 13.8 Å². The Balaban J connectivity index is 0.000000921. The Morgan fingerprint density at radius 1 is 1.27 bits per heavy atom. The van der Waals surface area contributed by atoms with Crippen LogP contribution < -0.4 is 0 Å². The summed E-state index contributed by atoms with van der Waals surface area (Å²) >= 11 is 0. The van der Waals surface area contributed by atoms with Gasteiger partial charge in [0.25, 0.3) is 0 Å². The highest BCUT2D eigenvalue weighted by molar-refractivity contribution is 5.34. The van der Waals surface area contributed by atoms with Crippen LogP contribution in [0.25, 0.3) is 0 Å². The molecule has 0 bridgehead atoms. The van der Waals surface area contributed by atoms with Gasteiger partial charge in [0.15, 0.2) is 5.69 Å². The predicted molar refractivity (Wildman–Crippen MR) is 50.0 cm³/mol. The van der Waals surface area contributed by atoms with Gasteiger partial charge in [0.1, 0.15) is 6.07 Å². The molecule has 0 radical (unpaired) electrons. The minimum Gasteiger partial charge on any atom is -0.242 e. The third kappa shape index (κ3) is 3.58. The number of rotatable bonds is 0. The Bertz CT molecular complexity index is 364. The number of alkyl halides is 3. The van der Waals surface area contributed by atoms with Crippen molar-refractivity contribution in [3.8, 4) is 6.07 Å². The molecule has 0 aliphatic carbocycles. The van der Waals surface area contributed by atoms with Crippen LogP contribution in [0, 0.1) is 18.3 Å². The third-order valence-electron chi connectivity index (χ3n) is 1.45. The number of aryl methyl sites for hydroxylation is 1. The first kappa shape index (κ1) is 13.4. The number of pyridine rings is 1. The van der Waals surface area contributed by atoms with Crippen molar-refractivity contribution in [1.82, 2.24) is 4.98 Å². The van der Waals surface area contributed by atoms with Crippen molar-refractivity contribution in [3.63, 3.8) is 0 Å². The van der Waals surface area contributed by atoms with Gasteiger partial charge in [-0.25, -0.2) is 4.98 Å². The maximum Gasteiger partial charge on any atom is 0.419 e. The summed E-state index contributed by atoms with van der Waals surface area (Å²) in [5.74, 6) is 0. The lowest BCUT2D eigenvalue weighted by atomic mass is 10.2. The summed E-state index contributed by atoms with van der Waals surface area (Å²) in [7, 11) is 0. The molecular formula is C10H11F3N2. The van der Waals surface area contributed by atoms with Gasteiger partial charge < -0.3 is 0 Å². The Morgan fingerprint density at radius 2 is 1.80 bits per heavy atom. The summed E-state index contributed by atoms with van der Waals surface area (Å²) in [6, 6.07) is 3.50. The highest BCUT2D eigenvalue weighted by Gasteiger charge is 2.34. The molecule has 0 fully saturated rings. The average molecular weight is 216 g/mol. The quantitative estimate of drug-likeness (QED) is 0.667. The monoisotopic (exact) mass is 216 g/mol. The van der Waals surface area contributed by atoms with Crippen LogP contribution in [0.3, 0.4) is 0 Å². The molecule has 0 aromatic carbocycles. The molecule has 0 amide bonds. The Kier molecular flexibility index (Phi) is 4.79. The molecule has 0 saturated carbocycles. The van der Waals surface area contributed by atoms with Crippen molar-refractivity contribution in [1.29, 1.82) is 5.26 Å². The Hall–Kier alpha value is -1.57. The number of nitrogens with zero attached hydrogens (tertiary/aromatic N) is 2. The zero-order valence-corrected chi connectivity index (χ0v) is 8.68. The van der Waals surface area contributed by atoms with Crippen LogP contribution in [-0.2, 0) is 6.18 Å². The van der Waals surface area contributed by atoms with Crippen LogP contribution in [0.2, 0.25) is 0 Å². The average Bonchev–Trinajstić information content (AvgIpc) is 2.18. The molecule has 0 unspecified atom stereocenters. The summed E-state index contributed by atoms with van der Waals surface area (Å²) < 4.78 is 36.5. The smallest absolute Gasteiger partial charge is 0.242 e. The van der Waals surface area contributed by atoms with E-state index in [9.17, 15) is 13.2 Å². The van der Waals surface area contributed by atoms with E-state index in [-0.39, 0.29) is 0 Å². The molecule has 2 nitrogen and oxygen atoms in total. The van der Waals surface area contributed by atoms with Crippen LogP contribution in [-0.4, -0.2) is 4.98 Å². The number of halogens is 3. The minimum absolute atomic E-state index is 0.393. The van der Waals surface area contributed by atoms with E-state index in [4.69, 9.17) is 5.26 Å². The second-order valence-electron chi connectivity index (χ2n) is 2.46. The van der Waals surface area contributed by atoms with Crippen molar-refractivity contribution in [3.05, 3.63) is 29.1 Å². The van der Waals surface area contributed by atoms with Gasteiger partial charge >= 0.3 is 6.18 Å². The van der Waals surface area contributed by atoms with Gasteiger partial charge in [-0.15, -0.1) is 0 Å². The highest BCUT2D eigenvalue weighted by atomic mass is 19.4. The van der Waals surface area contributed by atoms with Gasteiger partial charge in [0, 0.05) is 5.69 Å². The maximum atomic E-state index is 12.2. The largest absolute Gasteiger partial charge is 0.419 e. The fourth-order valence-electron chi connectivity index (χ4n) is 0.871. The first-order chi connectivity index (χ1) is 6.95. The molecule has 0 N–H and O–H groups in total. The topological polar surface area (TPSA) is 36.7 Å². The molecule has 0 atom stereocenters. The second-order valence-corrected chi connectivity index (χ2v) is 2.46. The van der Waals surface area contributed by atoms with Crippen molar-refractivity contribution in [2.24, 2.45) is 0 Å². The van der Waals surface area contributed by atoms with Crippen LogP contribution in [0.5, 0.6) is 0 Å². The molecule has 0 aliphatic heterocycles. The molecule has 82 valence electrons. The predicted octanol–water partition coefficient (Wildman–Crippen LogP) is 3.31. The fraction of sp³-hybridized carbons (Fsp3) is 0.400. The molecule has 5 heteroatoms. The van der Waals surface area contributed by atoms with Gasteiger partial charge in [0.05, 0.1) is 5.56 Å². The Morgan fingerprint density at radius 3 is 2.20 bits per heavy atom. The Labute approximate surface area is 86.4 Å². The number of nitriles is 1. The number of aromatic nitrogens is 1. The molecule has 0 saturated heterocycles. The zero-order valence-electron chi connectivity index (χ0n) is 8.68. The molecule has 1 rings (SSSR count). The molecule has 0 aliphatic rings. The highest BCUT2D eigenvalue weighted by Crippen LogP contribution is 2.30. The zero-order chi connectivity index (χ0) is 12.1. The third-order valence-corrected chi connectivity index (χ3v) is 1.45. The minimum atomic E-state index is -4.51. The van der Waals surface area contributed by atoms with Crippen molar-refractivity contribution >= 4 is 0 Å². The fourth-order valence-corrected chi connectivity index (χ4v) is 0.871. The van der Waals surface area contributed by atoms with Crippen LogP contribution in [0.1, 0.15) is 30.8 Å². The van der Waals surface area contributed by atoms with Crippen molar-refractivity contribution in [2.45, 2.75) is 26.9 Å². The molecule has 0 spiro atoms. The van der Waals surface area contributed by atoms with Gasteiger partial charge in [-0.05, 0) is 19.1 Å². The van der Waals surface area contributed by atoms with E-state index >= 15 is 0 Å². The first-order valence-corrected chi connectivity index (χ1v) is 4.40.